The highest BCUT2D eigenvalue weighted by Gasteiger charge is 2.09. The molecule has 0 aliphatic heterocycles. The fourth-order valence-corrected chi connectivity index (χ4v) is 2.29. The predicted octanol–water partition coefficient (Wildman–Crippen LogP) is 3.18. The van der Waals surface area contributed by atoms with E-state index in [1.54, 1.807) is 30.6 Å². The van der Waals surface area contributed by atoms with Gasteiger partial charge in [0.2, 0.25) is 0 Å². The van der Waals surface area contributed by atoms with Crippen molar-refractivity contribution in [2.45, 2.75) is 6.92 Å². The van der Waals surface area contributed by atoms with Gasteiger partial charge in [-0.3, -0.25) is 15.4 Å². The van der Waals surface area contributed by atoms with Crippen molar-refractivity contribution in [3.63, 3.8) is 0 Å². The summed E-state index contributed by atoms with van der Waals surface area (Å²) in [5.41, 5.74) is 2.08. The number of rotatable bonds is 6. The second-order valence-corrected chi connectivity index (χ2v) is 5.51. The Kier molecular flexibility index (Phi) is 5.36. The quantitative estimate of drug-likeness (QED) is 0.522. The van der Waals surface area contributed by atoms with Crippen LogP contribution in [0.25, 0.3) is 0 Å². The third kappa shape index (κ3) is 4.63. The van der Waals surface area contributed by atoms with Gasteiger partial charge < -0.3 is 20.1 Å². The van der Waals surface area contributed by atoms with Gasteiger partial charge in [0.25, 0.3) is 0 Å². The molecule has 2 aromatic heterocycles. The lowest BCUT2D eigenvalue weighted by atomic mass is 10.2. The minimum Gasteiger partial charge on any atom is -0.495 e. The molecule has 27 heavy (non-hydrogen) atoms. The molecule has 3 rings (SSSR count). The van der Waals surface area contributed by atoms with Crippen molar-refractivity contribution in [1.29, 1.82) is 0 Å². The third-order valence-corrected chi connectivity index (χ3v) is 3.49. The molecule has 0 saturated carbocycles. The van der Waals surface area contributed by atoms with Gasteiger partial charge in [-0.15, -0.1) is 0 Å². The van der Waals surface area contributed by atoms with Gasteiger partial charge >= 0.3 is 6.09 Å². The average Bonchev–Trinajstić information content (AvgIpc) is 3.07. The Balaban J connectivity index is 1.77. The van der Waals surface area contributed by atoms with Crippen LogP contribution in [0.1, 0.15) is 5.69 Å². The zero-order valence-corrected chi connectivity index (χ0v) is 15.0. The molecule has 0 fully saturated rings. The minimum atomic E-state index is -0.592. The number of methoxy groups -OCH3 is 2. The van der Waals surface area contributed by atoms with Gasteiger partial charge in [-0.25, -0.2) is 9.78 Å². The van der Waals surface area contributed by atoms with Crippen molar-refractivity contribution in [1.82, 2.24) is 20.2 Å². The van der Waals surface area contributed by atoms with E-state index in [-0.39, 0.29) is 0 Å². The topological polar surface area (TPSA) is 126 Å². The molecule has 0 aliphatic carbocycles. The molecular formula is C17H19N7O3. The van der Waals surface area contributed by atoms with Crippen LogP contribution < -0.4 is 20.7 Å². The largest absolute Gasteiger partial charge is 0.495 e. The van der Waals surface area contributed by atoms with Crippen molar-refractivity contribution in [3.8, 4) is 5.75 Å². The van der Waals surface area contributed by atoms with E-state index in [0.29, 0.717) is 34.6 Å². The highest BCUT2D eigenvalue weighted by molar-refractivity contribution is 5.88. The van der Waals surface area contributed by atoms with Crippen molar-refractivity contribution < 1.29 is 14.3 Å². The Hall–Kier alpha value is -3.82. The van der Waals surface area contributed by atoms with E-state index < -0.39 is 6.09 Å². The van der Waals surface area contributed by atoms with Crippen molar-refractivity contribution in [3.05, 3.63) is 42.4 Å². The van der Waals surface area contributed by atoms with Gasteiger partial charge in [-0.05, 0) is 25.1 Å². The number of H-pyrrole nitrogens is 1. The number of ether oxygens (including phenoxy) is 2. The minimum absolute atomic E-state index is 0.462. The first-order chi connectivity index (χ1) is 13.1. The van der Waals surface area contributed by atoms with Crippen LogP contribution in [-0.4, -0.2) is 40.5 Å². The highest BCUT2D eigenvalue weighted by atomic mass is 16.5. The SMILES string of the molecule is COC(=O)Nc1cc(Nc2cncc(Nc3cc(C)[nH]n3)n2)ccc1OC. The zero-order valence-electron chi connectivity index (χ0n) is 15.0. The molecule has 1 aromatic carbocycles. The fourth-order valence-electron chi connectivity index (χ4n) is 2.29. The summed E-state index contributed by atoms with van der Waals surface area (Å²) in [7, 11) is 2.81. The maximum Gasteiger partial charge on any atom is 0.411 e. The van der Waals surface area contributed by atoms with Crippen LogP contribution in [0.4, 0.5) is 33.6 Å². The van der Waals surface area contributed by atoms with E-state index >= 15 is 0 Å². The Morgan fingerprint density at radius 1 is 1.07 bits per heavy atom. The third-order valence-electron chi connectivity index (χ3n) is 3.49. The number of aromatic nitrogens is 4. The van der Waals surface area contributed by atoms with Crippen molar-refractivity contribution >= 4 is 34.9 Å². The molecule has 4 N–H and O–H groups in total. The molecule has 0 unspecified atom stereocenters. The molecule has 0 bridgehead atoms. The maximum atomic E-state index is 11.5. The second kappa shape index (κ2) is 8.04. The van der Waals surface area contributed by atoms with Crippen LogP contribution in [0.3, 0.4) is 0 Å². The molecule has 0 aliphatic rings. The number of nitrogens with one attached hydrogen (secondary N) is 4. The number of nitrogens with zero attached hydrogens (tertiary/aromatic N) is 3. The first-order valence-electron chi connectivity index (χ1n) is 7.98. The Bertz CT molecular complexity index is 942. The number of aromatic amines is 1. The van der Waals surface area contributed by atoms with Crippen molar-refractivity contribution in [2.24, 2.45) is 0 Å². The van der Waals surface area contributed by atoms with Gasteiger partial charge in [-0.1, -0.05) is 0 Å². The summed E-state index contributed by atoms with van der Waals surface area (Å²) in [6.45, 7) is 1.91. The maximum absolute atomic E-state index is 11.5. The smallest absolute Gasteiger partial charge is 0.411 e. The highest BCUT2D eigenvalue weighted by Crippen LogP contribution is 2.29. The van der Waals surface area contributed by atoms with E-state index in [2.05, 4.69) is 40.9 Å². The first kappa shape index (κ1) is 18.0. The van der Waals surface area contributed by atoms with E-state index in [1.165, 1.54) is 14.2 Å². The summed E-state index contributed by atoms with van der Waals surface area (Å²) in [6, 6.07) is 7.07. The number of amides is 1. The summed E-state index contributed by atoms with van der Waals surface area (Å²) in [5, 5.41) is 15.7. The standard InChI is InChI=1S/C17H19N7O3/c1-10-6-14(24-23-10)21-16-9-18-8-15(22-16)19-11-4-5-13(26-2)12(7-11)20-17(25)27-3/h4-9H,1-3H3,(H,20,25)(H3,19,21,22,23,24). The van der Waals surface area contributed by atoms with Gasteiger partial charge in [0.15, 0.2) is 17.5 Å². The van der Waals surface area contributed by atoms with Gasteiger partial charge in [0.05, 0.1) is 32.3 Å². The van der Waals surface area contributed by atoms with Crippen LogP contribution in [0.5, 0.6) is 5.75 Å². The van der Waals surface area contributed by atoms with E-state index in [0.717, 1.165) is 5.69 Å². The van der Waals surface area contributed by atoms with Gasteiger partial charge in [0, 0.05) is 17.4 Å². The summed E-state index contributed by atoms with van der Waals surface area (Å²) in [5.74, 6) is 2.20. The van der Waals surface area contributed by atoms with Crippen LogP contribution in [0, 0.1) is 6.92 Å². The molecular weight excluding hydrogens is 350 g/mol. The summed E-state index contributed by atoms with van der Waals surface area (Å²) < 4.78 is 9.86. The molecule has 0 atom stereocenters. The van der Waals surface area contributed by atoms with Crippen LogP contribution in [0.2, 0.25) is 0 Å². The lowest BCUT2D eigenvalue weighted by Gasteiger charge is -2.12. The number of aryl methyl sites for hydroxylation is 1. The molecule has 0 spiro atoms. The van der Waals surface area contributed by atoms with Gasteiger partial charge in [0.1, 0.15) is 5.75 Å². The van der Waals surface area contributed by atoms with E-state index in [1.807, 2.05) is 13.0 Å². The lowest BCUT2D eigenvalue weighted by molar-refractivity contribution is 0.187. The number of carbonyl (C=O) groups excluding carboxylic acids is 1. The number of anilines is 5. The van der Waals surface area contributed by atoms with Crippen LogP contribution >= 0.6 is 0 Å². The van der Waals surface area contributed by atoms with E-state index in [9.17, 15) is 4.79 Å². The molecule has 0 saturated heterocycles. The summed E-state index contributed by atoms with van der Waals surface area (Å²) in [6.07, 6.45) is 2.58. The second-order valence-electron chi connectivity index (χ2n) is 5.51. The number of benzene rings is 1. The molecule has 140 valence electrons. The average molecular weight is 369 g/mol. The Labute approximate surface area is 155 Å². The first-order valence-corrected chi connectivity index (χ1v) is 7.98. The zero-order chi connectivity index (χ0) is 19.2. The lowest BCUT2D eigenvalue weighted by Crippen LogP contribution is -2.12. The molecule has 2 heterocycles. The molecule has 10 heteroatoms. The number of carbonyl (C=O) groups is 1. The van der Waals surface area contributed by atoms with Crippen LogP contribution in [-0.2, 0) is 4.74 Å². The normalized spacial score (nSPS) is 10.2. The summed E-state index contributed by atoms with van der Waals surface area (Å²) in [4.78, 5) is 20.1. The van der Waals surface area contributed by atoms with Gasteiger partial charge in [-0.2, -0.15) is 5.10 Å². The predicted molar refractivity (Wildman–Crippen MR) is 101 cm³/mol. The monoisotopic (exact) mass is 369 g/mol. The molecule has 1 amide bonds. The Morgan fingerprint density at radius 2 is 1.85 bits per heavy atom. The Morgan fingerprint density at radius 3 is 2.52 bits per heavy atom. The molecule has 0 radical (unpaired) electrons. The molecule has 10 nitrogen and oxygen atoms in total. The number of hydrogen-bond donors (Lipinski definition) is 4. The molecule has 3 aromatic rings. The van der Waals surface area contributed by atoms with Crippen LogP contribution in [0.15, 0.2) is 36.7 Å². The number of hydrogen-bond acceptors (Lipinski definition) is 8. The summed E-state index contributed by atoms with van der Waals surface area (Å²) >= 11 is 0. The fraction of sp³-hybridized carbons (Fsp3) is 0.176. The van der Waals surface area contributed by atoms with Crippen molar-refractivity contribution in [2.75, 3.05) is 30.2 Å². The van der Waals surface area contributed by atoms with E-state index in [4.69, 9.17) is 4.74 Å².